The van der Waals surface area contributed by atoms with Crippen LogP contribution in [-0.4, -0.2) is 35.6 Å². The summed E-state index contributed by atoms with van der Waals surface area (Å²) in [4.78, 5) is 24.2. The van der Waals surface area contributed by atoms with E-state index in [4.69, 9.17) is 0 Å². The van der Waals surface area contributed by atoms with Crippen LogP contribution in [0.5, 0.6) is 0 Å². The van der Waals surface area contributed by atoms with E-state index in [1.54, 1.807) is 19.1 Å². The first-order valence-electron chi connectivity index (χ1n) is 6.75. The highest BCUT2D eigenvalue weighted by Gasteiger charge is 2.19. The van der Waals surface area contributed by atoms with Gasteiger partial charge in [-0.25, -0.2) is 0 Å². The minimum atomic E-state index is -0.631. The van der Waals surface area contributed by atoms with E-state index in [0.29, 0.717) is 4.88 Å². The molecule has 3 atom stereocenters. The van der Waals surface area contributed by atoms with Crippen LogP contribution in [-0.2, 0) is 4.79 Å². The van der Waals surface area contributed by atoms with E-state index in [1.165, 1.54) is 11.3 Å². The molecule has 2 amide bonds. The van der Waals surface area contributed by atoms with E-state index in [2.05, 4.69) is 10.6 Å². The number of carbonyl (C=O) groups is 2. The van der Waals surface area contributed by atoms with Gasteiger partial charge in [0, 0.05) is 6.54 Å². The number of amides is 2. The van der Waals surface area contributed by atoms with Crippen molar-refractivity contribution in [2.24, 2.45) is 5.92 Å². The van der Waals surface area contributed by atoms with Crippen LogP contribution in [0.1, 0.15) is 36.9 Å². The summed E-state index contributed by atoms with van der Waals surface area (Å²) in [7, 11) is 0. The van der Waals surface area contributed by atoms with Crippen molar-refractivity contribution in [2.75, 3.05) is 6.54 Å². The van der Waals surface area contributed by atoms with Crippen LogP contribution >= 0.6 is 11.3 Å². The van der Waals surface area contributed by atoms with Crippen LogP contribution in [0.4, 0.5) is 0 Å². The molecule has 0 saturated heterocycles. The predicted octanol–water partition coefficient (Wildman–Crippen LogP) is 1.39. The smallest absolute Gasteiger partial charge is 0.261 e. The highest BCUT2D eigenvalue weighted by atomic mass is 32.1. The van der Waals surface area contributed by atoms with Crippen molar-refractivity contribution in [2.45, 2.75) is 39.3 Å². The summed E-state index contributed by atoms with van der Waals surface area (Å²) >= 11 is 1.33. The molecule has 112 valence electrons. The molecule has 0 saturated carbocycles. The van der Waals surface area contributed by atoms with Gasteiger partial charge >= 0.3 is 0 Å². The van der Waals surface area contributed by atoms with Gasteiger partial charge in [0.05, 0.1) is 11.0 Å². The van der Waals surface area contributed by atoms with E-state index in [9.17, 15) is 14.7 Å². The third-order valence-electron chi connectivity index (χ3n) is 3.27. The third-order valence-corrected chi connectivity index (χ3v) is 4.14. The average Bonchev–Trinajstić information content (AvgIpc) is 2.97. The van der Waals surface area contributed by atoms with E-state index >= 15 is 0 Å². The van der Waals surface area contributed by atoms with Crippen molar-refractivity contribution in [1.82, 2.24) is 10.6 Å². The second kappa shape index (κ2) is 8.01. The summed E-state index contributed by atoms with van der Waals surface area (Å²) < 4.78 is 0. The summed E-state index contributed by atoms with van der Waals surface area (Å²) in [6.45, 7) is 5.74. The zero-order chi connectivity index (χ0) is 15.1. The molecule has 3 unspecified atom stereocenters. The van der Waals surface area contributed by atoms with Crippen LogP contribution in [0, 0.1) is 5.92 Å². The lowest BCUT2D eigenvalue weighted by Gasteiger charge is -2.19. The van der Waals surface area contributed by atoms with Gasteiger partial charge in [0.2, 0.25) is 5.91 Å². The Bertz CT molecular complexity index is 434. The Kier molecular flexibility index (Phi) is 6.67. The molecule has 0 fully saturated rings. The number of thiophene rings is 1. The molecule has 6 heteroatoms. The number of hydrogen-bond acceptors (Lipinski definition) is 4. The minimum absolute atomic E-state index is 0.131. The lowest BCUT2D eigenvalue weighted by molar-refractivity contribution is -0.123. The van der Waals surface area contributed by atoms with Gasteiger partial charge < -0.3 is 15.7 Å². The quantitative estimate of drug-likeness (QED) is 0.712. The fourth-order valence-corrected chi connectivity index (χ4v) is 2.20. The Labute approximate surface area is 123 Å². The average molecular weight is 298 g/mol. The molecule has 20 heavy (non-hydrogen) atoms. The summed E-state index contributed by atoms with van der Waals surface area (Å²) in [5.74, 6) is -0.423. The molecule has 0 bridgehead atoms. The Hall–Kier alpha value is -1.40. The van der Waals surface area contributed by atoms with Gasteiger partial charge in [0.25, 0.3) is 5.91 Å². The Morgan fingerprint density at radius 3 is 2.65 bits per heavy atom. The number of hydrogen-bond donors (Lipinski definition) is 3. The van der Waals surface area contributed by atoms with Crippen LogP contribution in [0.15, 0.2) is 17.5 Å². The molecule has 0 spiro atoms. The summed E-state index contributed by atoms with van der Waals surface area (Å²) in [5.41, 5.74) is 0. The van der Waals surface area contributed by atoms with Crippen LogP contribution < -0.4 is 10.6 Å². The van der Waals surface area contributed by atoms with Gasteiger partial charge in [-0.05, 0) is 24.3 Å². The van der Waals surface area contributed by atoms with Crippen LogP contribution in [0.25, 0.3) is 0 Å². The van der Waals surface area contributed by atoms with Gasteiger partial charge in [-0.3, -0.25) is 9.59 Å². The molecular formula is C14H22N2O3S. The Morgan fingerprint density at radius 2 is 2.10 bits per heavy atom. The van der Waals surface area contributed by atoms with Gasteiger partial charge in [-0.2, -0.15) is 0 Å². The fraction of sp³-hybridized carbons (Fsp3) is 0.571. The van der Waals surface area contributed by atoms with E-state index in [1.807, 2.05) is 19.2 Å². The first kappa shape index (κ1) is 16.7. The SMILES string of the molecule is CCC(C)C(O)CNC(=O)C(C)NC(=O)c1cccs1. The fourth-order valence-electron chi connectivity index (χ4n) is 1.57. The molecule has 1 aromatic heterocycles. The third kappa shape index (κ3) is 4.94. The van der Waals surface area contributed by atoms with Gasteiger partial charge in [0.1, 0.15) is 6.04 Å². The normalized spacial score (nSPS) is 15.2. The van der Waals surface area contributed by atoms with E-state index in [-0.39, 0.29) is 24.3 Å². The second-order valence-corrected chi connectivity index (χ2v) is 5.82. The van der Waals surface area contributed by atoms with E-state index < -0.39 is 12.1 Å². The van der Waals surface area contributed by atoms with Crippen molar-refractivity contribution in [3.05, 3.63) is 22.4 Å². The number of nitrogens with one attached hydrogen (secondary N) is 2. The minimum Gasteiger partial charge on any atom is -0.391 e. The molecule has 0 aliphatic rings. The highest BCUT2D eigenvalue weighted by molar-refractivity contribution is 7.12. The molecule has 3 N–H and O–H groups in total. The van der Waals surface area contributed by atoms with Crippen molar-refractivity contribution >= 4 is 23.2 Å². The van der Waals surface area contributed by atoms with E-state index in [0.717, 1.165) is 6.42 Å². The maximum atomic E-state index is 11.8. The molecular weight excluding hydrogens is 276 g/mol. The largest absolute Gasteiger partial charge is 0.391 e. The first-order chi connectivity index (χ1) is 9.45. The number of aliphatic hydroxyl groups is 1. The summed E-state index contributed by atoms with van der Waals surface area (Å²) in [6.07, 6.45) is 0.283. The zero-order valence-electron chi connectivity index (χ0n) is 12.1. The Balaban J connectivity index is 2.38. The van der Waals surface area contributed by atoms with Crippen LogP contribution in [0.3, 0.4) is 0 Å². The van der Waals surface area contributed by atoms with Crippen molar-refractivity contribution in [3.63, 3.8) is 0 Å². The number of carbonyl (C=O) groups excluding carboxylic acids is 2. The number of rotatable bonds is 7. The van der Waals surface area contributed by atoms with Gasteiger partial charge in [-0.1, -0.05) is 26.3 Å². The lowest BCUT2D eigenvalue weighted by atomic mass is 10.0. The van der Waals surface area contributed by atoms with Crippen molar-refractivity contribution in [1.29, 1.82) is 0 Å². The van der Waals surface area contributed by atoms with Gasteiger partial charge in [0.15, 0.2) is 0 Å². The maximum absolute atomic E-state index is 11.8. The van der Waals surface area contributed by atoms with Crippen molar-refractivity contribution < 1.29 is 14.7 Å². The maximum Gasteiger partial charge on any atom is 0.261 e. The topological polar surface area (TPSA) is 78.4 Å². The predicted molar refractivity (Wildman–Crippen MR) is 79.7 cm³/mol. The molecule has 0 aliphatic carbocycles. The molecule has 0 radical (unpaired) electrons. The molecule has 1 heterocycles. The van der Waals surface area contributed by atoms with Crippen LogP contribution in [0.2, 0.25) is 0 Å². The zero-order valence-corrected chi connectivity index (χ0v) is 12.9. The highest BCUT2D eigenvalue weighted by Crippen LogP contribution is 2.08. The monoisotopic (exact) mass is 298 g/mol. The number of aliphatic hydroxyl groups excluding tert-OH is 1. The standard InChI is InChI=1S/C14H22N2O3S/c1-4-9(2)11(17)8-15-13(18)10(3)16-14(19)12-6-5-7-20-12/h5-7,9-11,17H,4,8H2,1-3H3,(H,15,18)(H,16,19). The molecule has 0 aromatic carbocycles. The van der Waals surface area contributed by atoms with Gasteiger partial charge in [-0.15, -0.1) is 11.3 Å². The summed E-state index contributed by atoms with van der Waals surface area (Å²) in [5, 5.41) is 16.9. The first-order valence-corrected chi connectivity index (χ1v) is 7.63. The molecule has 1 rings (SSSR count). The lowest BCUT2D eigenvalue weighted by Crippen LogP contribution is -2.47. The second-order valence-electron chi connectivity index (χ2n) is 4.87. The molecule has 1 aromatic rings. The molecule has 5 nitrogen and oxygen atoms in total. The summed E-state index contributed by atoms with van der Waals surface area (Å²) in [6, 6.07) is 2.86. The Morgan fingerprint density at radius 1 is 1.40 bits per heavy atom. The van der Waals surface area contributed by atoms with Crippen molar-refractivity contribution in [3.8, 4) is 0 Å². The molecule has 0 aliphatic heterocycles.